The molecule has 12 nitrogen and oxygen atoms in total. The van der Waals surface area contributed by atoms with Crippen LogP contribution in [0.4, 0.5) is 22.1 Å². The van der Waals surface area contributed by atoms with Crippen molar-refractivity contribution in [2.75, 3.05) is 49.1 Å². The SMILES string of the molecule is CC.COC(CC(O)COC(=O)N[C@H]1CCC[C@@H]1OCc1ccccc1)N1CNc2c(N[C@@H]3CCOC3)ncnc21. The number of hydrogen-bond donors (Lipinski definition) is 4. The fourth-order valence-electron chi connectivity index (χ4n) is 5.27. The molecule has 12 heteroatoms. The Balaban J connectivity index is 0.00000189. The highest BCUT2D eigenvalue weighted by Gasteiger charge is 2.33. The summed E-state index contributed by atoms with van der Waals surface area (Å²) in [5.74, 6) is 1.40. The summed E-state index contributed by atoms with van der Waals surface area (Å²) < 4.78 is 22.5. The van der Waals surface area contributed by atoms with E-state index in [9.17, 15) is 9.90 Å². The second-order valence-electron chi connectivity index (χ2n) is 10.1. The molecular formula is C29H44N6O6. The Morgan fingerprint density at radius 1 is 1.22 bits per heavy atom. The van der Waals surface area contributed by atoms with Crippen LogP contribution in [-0.2, 0) is 25.6 Å². The number of amides is 1. The quantitative estimate of drug-likeness (QED) is 0.297. The van der Waals surface area contributed by atoms with Crippen LogP contribution in [0.1, 0.15) is 51.5 Å². The van der Waals surface area contributed by atoms with Crippen LogP contribution >= 0.6 is 0 Å². The van der Waals surface area contributed by atoms with Crippen LogP contribution in [-0.4, -0.2) is 85.3 Å². The van der Waals surface area contributed by atoms with Gasteiger partial charge in [-0.25, -0.2) is 14.8 Å². The molecule has 1 aliphatic carbocycles. The van der Waals surface area contributed by atoms with Crippen molar-refractivity contribution in [2.24, 2.45) is 0 Å². The number of alkyl carbamates (subject to hydrolysis) is 1. The van der Waals surface area contributed by atoms with Crippen LogP contribution < -0.4 is 20.9 Å². The molecular weight excluding hydrogens is 528 g/mol. The number of carbonyl (C=O) groups excluding carboxylic acids is 1. The molecule has 3 aliphatic rings. The van der Waals surface area contributed by atoms with Crippen molar-refractivity contribution in [2.45, 2.75) is 83.1 Å². The number of rotatable bonds is 12. The molecule has 41 heavy (non-hydrogen) atoms. The van der Waals surface area contributed by atoms with E-state index in [1.165, 1.54) is 6.33 Å². The Hall–Kier alpha value is -3.19. The summed E-state index contributed by atoms with van der Waals surface area (Å²) in [6, 6.07) is 10.1. The summed E-state index contributed by atoms with van der Waals surface area (Å²) in [6.45, 7) is 6.17. The summed E-state index contributed by atoms with van der Waals surface area (Å²) in [5.41, 5.74) is 1.89. The highest BCUT2D eigenvalue weighted by molar-refractivity contribution is 5.81. The first-order chi connectivity index (χ1) is 20.1. The van der Waals surface area contributed by atoms with Crippen molar-refractivity contribution < 1.29 is 28.8 Å². The number of nitrogens with zero attached hydrogens (tertiary/aromatic N) is 3. The molecule has 226 valence electrons. The average Bonchev–Trinajstić information content (AvgIpc) is 3.78. The van der Waals surface area contributed by atoms with E-state index in [2.05, 4.69) is 25.9 Å². The molecule has 2 aliphatic heterocycles. The van der Waals surface area contributed by atoms with E-state index in [-0.39, 0.29) is 31.2 Å². The molecule has 0 radical (unpaired) electrons. The molecule has 1 aromatic carbocycles. The summed E-state index contributed by atoms with van der Waals surface area (Å²) in [4.78, 5) is 23.2. The zero-order valence-corrected chi connectivity index (χ0v) is 24.3. The fourth-order valence-corrected chi connectivity index (χ4v) is 5.27. The molecule has 0 bridgehead atoms. The van der Waals surface area contributed by atoms with Crippen molar-refractivity contribution >= 4 is 23.4 Å². The molecule has 4 N–H and O–H groups in total. The van der Waals surface area contributed by atoms with Gasteiger partial charge in [0.05, 0.1) is 44.2 Å². The van der Waals surface area contributed by atoms with Crippen LogP contribution in [0, 0.1) is 0 Å². The molecule has 5 atom stereocenters. The second kappa shape index (κ2) is 15.7. The standard InChI is InChI=1S/C27H38N6O6.C2H6/c1-36-23(33-17-30-24-25(28-16-29-26(24)33)31-19-10-11-37-14-19)12-20(34)15-39-27(35)32-21-8-5-9-22(21)38-13-18-6-3-2-4-7-18;1-2/h2-4,6-7,16,19-23,30,34H,5,8-15,17H2,1H3,(H,32,35)(H,28,29,31);1-2H3/t19-,20?,21+,22+,23?;/m1./s1. The van der Waals surface area contributed by atoms with Gasteiger partial charge in [-0.3, -0.25) is 0 Å². The van der Waals surface area contributed by atoms with Crippen molar-refractivity contribution in [1.29, 1.82) is 0 Å². The number of aliphatic hydroxyl groups excluding tert-OH is 1. The molecule has 2 fully saturated rings. The lowest BCUT2D eigenvalue weighted by molar-refractivity contribution is 0.00720. The minimum absolute atomic E-state index is 0.0640. The molecule has 1 saturated carbocycles. The molecule has 1 aromatic heterocycles. The Bertz CT molecular complexity index is 1070. The molecule has 2 unspecified atom stereocenters. The number of aliphatic hydroxyl groups is 1. The highest BCUT2D eigenvalue weighted by Crippen LogP contribution is 2.36. The van der Waals surface area contributed by atoms with Gasteiger partial charge < -0.3 is 44.9 Å². The number of hydrogen-bond acceptors (Lipinski definition) is 11. The molecule has 2 aromatic rings. The van der Waals surface area contributed by atoms with Gasteiger partial charge in [-0.15, -0.1) is 0 Å². The Morgan fingerprint density at radius 3 is 2.80 bits per heavy atom. The zero-order chi connectivity index (χ0) is 29.0. The van der Waals surface area contributed by atoms with Gasteiger partial charge in [0.2, 0.25) is 0 Å². The van der Waals surface area contributed by atoms with Gasteiger partial charge in [-0.05, 0) is 31.2 Å². The summed E-state index contributed by atoms with van der Waals surface area (Å²) >= 11 is 0. The third-order valence-corrected chi connectivity index (χ3v) is 7.36. The number of nitrogens with one attached hydrogen (secondary N) is 3. The maximum atomic E-state index is 12.5. The molecule has 5 rings (SSSR count). The summed E-state index contributed by atoms with van der Waals surface area (Å²) in [6.07, 6.45) is 3.31. The number of anilines is 3. The lowest BCUT2D eigenvalue weighted by Crippen LogP contribution is -2.43. The maximum absolute atomic E-state index is 12.5. The number of aromatic nitrogens is 2. The third kappa shape index (κ3) is 8.41. The number of fused-ring (bicyclic) bond motifs is 1. The average molecular weight is 573 g/mol. The van der Waals surface area contributed by atoms with Gasteiger partial charge in [0, 0.05) is 20.1 Å². The van der Waals surface area contributed by atoms with E-state index >= 15 is 0 Å². The van der Waals surface area contributed by atoms with Crippen LogP contribution in [0.3, 0.4) is 0 Å². The number of carbonyl (C=O) groups is 1. The van der Waals surface area contributed by atoms with Crippen LogP contribution in [0.15, 0.2) is 36.7 Å². The van der Waals surface area contributed by atoms with Crippen molar-refractivity contribution in [3.8, 4) is 0 Å². The van der Waals surface area contributed by atoms with Gasteiger partial charge in [0.1, 0.15) is 24.8 Å². The van der Waals surface area contributed by atoms with E-state index in [4.69, 9.17) is 18.9 Å². The van der Waals surface area contributed by atoms with E-state index in [0.29, 0.717) is 31.5 Å². The smallest absolute Gasteiger partial charge is 0.407 e. The van der Waals surface area contributed by atoms with Gasteiger partial charge in [-0.2, -0.15) is 0 Å². The van der Waals surface area contributed by atoms with Gasteiger partial charge in [0.25, 0.3) is 0 Å². The van der Waals surface area contributed by atoms with Gasteiger partial charge in [0.15, 0.2) is 11.6 Å². The number of ether oxygens (including phenoxy) is 4. The number of benzene rings is 1. The lowest BCUT2D eigenvalue weighted by Gasteiger charge is -2.29. The van der Waals surface area contributed by atoms with Gasteiger partial charge >= 0.3 is 6.09 Å². The van der Waals surface area contributed by atoms with Crippen molar-refractivity contribution in [3.05, 3.63) is 42.2 Å². The molecule has 0 spiro atoms. The lowest BCUT2D eigenvalue weighted by atomic mass is 10.2. The van der Waals surface area contributed by atoms with E-state index in [0.717, 1.165) is 43.5 Å². The summed E-state index contributed by atoms with van der Waals surface area (Å²) in [7, 11) is 1.58. The first-order valence-electron chi connectivity index (χ1n) is 14.6. The molecule has 1 saturated heterocycles. The van der Waals surface area contributed by atoms with Crippen LogP contribution in [0.25, 0.3) is 0 Å². The molecule has 1 amide bonds. The Labute approximate surface area is 242 Å². The Morgan fingerprint density at radius 2 is 2.05 bits per heavy atom. The van der Waals surface area contributed by atoms with E-state index < -0.39 is 18.4 Å². The first kappa shape index (κ1) is 30.8. The first-order valence-corrected chi connectivity index (χ1v) is 14.6. The topological polar surface area (TPSA) is 139 Å². The normalized spacial score (nSPS) is 22.6. The van der Waals surface area contributed by atoms with Gasteiger partial charge in [-0.1, -0.05) is 44.2 Å². The largest absolute Gasteiger partial charge is 0.447 e. The minimum Gasteiger partial charge on any atom is -0.447 e. The van der Waals surface area contributed by atoms with Crippen molar-refractivity contribution in [1.82, 2.24) is 15.3 Å². The zero-order valence-electron chi connectivity index (χ0n) is 24.3. The predicted molar refractivity (Wildman–Crippen MR) is 156 cm³/mol. The maximum Gasteiger partial charge on any atom is 0.407 e. The van der Waals surface area contributed by atoms with Crippen LogP contribution in [0.2, 0.25) is 0 Å². The minimum atomic E-state index is -0.923. The summed E-state index contributed by atoms with van der Waals surface area (Å²) in [5, 5.41) is 20.3. The molecule has 3 heterocycles. The predicted octanol–water partition coefficient (Wildman–Crippen LogP) is 3.48. The third-order valence-electron chi connectivity index (χ3n) is 7.36. The van der Waals surface area contributed by atoms with Crippen LogP contribution in [0.5, 0.6) is 0 Å². The monoisotopic (exact) mass is 572 g/mol. The fraction of sp³-hybridized carbons (Fsp3) is 0.621. The van der Waals surface area contributed by atoms with E-state index in [1.807, 2.05) is 49.1 Å². The second-order valence-corrected chi connectivity index (χ2v) is 10.1. The number of methoxy groups -OCH3 is 1. The Kier molecular flexibility index (Phi) is 11.8. The highest BCUT2D eigenvalue weighted by atomic mass is 16.6. The van der Waals surface area contributed by atoms with E-state index in [1.54, 1.807) is 7.11 Å². The van der Waals surface area contributed by atoms with Crippen molar-refractivity contribution in [3.63, 3.8) is 0 Å².